The average molecular weight is 372 g/mol. The topological polar surface area (TPSA) is 108 Å². The van der Waals surface area contributed by atoms with E-state index in [9.17, 15) is 14.4 Å². The Labute approximate surface area is 154 Å². The summed E-state index contributed by atoms with van der Waals surface area (Å²) in [4.78, 5) is 35.1. The summed E-state index contributed by atoms with van der Waals surface area (Å²) in [7, 11) is 0. The van der Waals surface area contributed by atoms with Crippen LogP contribution in [0.3, 0.4) is 0 Å². The molecule has 0 aromatic heterocycles. The lowest BCUT2D eigenvalue weighted by Crippen LogP contribution is -2.32. The Morgan fingerprint density at radius 2 is 1.85 bits per heavy atom. The predicted octanol–water partition coefficient (Wildman–Crippen LogP) is 2.12. The second kappa shape index (κ2) is 9.20. The van der Waals surface area contributed by atoms with Gasteiger partial charge in [0.05, 0.1) is 10.6 Å². The van der Waals surface area contributed by atoms with Gasteiger partial charge in [0.15, 0.2) is 6.61 Å². The van der Waals surface area contributed by atoms with E-state index >= 15 is 0 Å². The SMILES string of the molecule is N#Cc1ccc(NC(=O)COC(=O)CNC(=O)c2ccccc2)cc1Cl. The van der Waals surface area contributed by atoms with E-state index in [1.807, 2.05) is 6.07 Å². The lowest BCUT2D eigenvalue weighted by atomic mass is 10.2. The van der Waals surface area contributed by atoms with Crippen molar-refractivity contribution in [1.82, 2.24) is 5.32 Å². The monoisotopic (exact) mass is 371 g/mol. The molecular weight excluding hydrogens is 358 g/mol. The highest BCUT2D eigenvalue weighted by atomic mass is 35.5. The van der Waals surface area contributed by atoms with Crippen LogP contribution in [0.2, 0.25) is 5.02 Å². The van der Waals surface area contributed by atoms with Crippen LogP contribution in [0.1, 0.15) is 15.9 Å². The number of anilines is 1. The van der Waals surface area contributed by atoms with Crippen molar-refractivity contribution in [2.24, 2.45) is 0 Å². The summed E-state index contributed by atoms with van der Waals surface area (Å²) in [6.45, 7) is -0.874. The molecular formula is C18H14ClN3O4. The van der Waals surface area contributed by atoms with Gasteiger partial charge in [-0.15, -0.1) is 0 Å². The molecule has 2 N–H and O–H groups in total. The Balaban J connectivity index is 1.75. The van der Waals surface area contributed by atoms with Crippen LogP contribution in [-0.4, -0.2) is 30.9 Å². The normalized spacial score (nSPS) is 9.69. The van der Waals surface area contributed by atoms with E-state index in [1.54, 1.807) is 30.3 Å². The van der Waals surface area contributed by atoms with E-state index in [4.69, 9.17) is 21.6 Å². The molecule has 0 saturated carbocycles. The van der Waals surface area contributed by atoms with Crippen molar-refractivity contribution < 1.29 is 19.1 Å². The molecule has 0 aliphatic carbocycles. The van der Waals surface area contributed by atoms with E-state index in [0.717, 1.165) is 0 Å². The highest BCUT2D eigenvalue weighted by molar-refractivity contribution is 6.32. The Hall–Kier alpha value is -3.37. The molecule has 0 aliphatic rings. The van der Waals surface area contributed by atoms with Crippen LogP contribution in [0, 0.1) is 11.3 Å². The Morgan fingerprint density at radius 1 is 1.12 bits per heavy atom. The Bertz CT molecular complexity index is 862. The minimum atomic E-state index is -0.748. The number of halogens is 1. The van der Waals surface area contributed by atoms with Crippen molar-refractivity contribution in [3.05, 3.63) is 64.7 Å². The summed E-state index contributed by atoms with van der Waals surface area (Å²) in [5.41, 5.74) is 1.06. The molecule has 0 unspecified atom stereocenters. The molecule has 26 heavy (non-hydrogen) atoms. The lowest BCUT2D eigenvalue weighted by Gasteiger charge is -2.08. The molecule has 0 fully saturated rings. The number of hydrogen-bond acceptors (Lipinski definition) is 5. The van der Waals surface area contributed by atoms with Gasteiger partial charge in [0.2, 0.25) is 0 Å². The lowest BCUT2D eigenvalue weighted by molar-refractivity contribution is -0.146. The number of hydrogen-bond donors (Lipinski definition) is 2. The van der Waals surface area contributed by atoms with Crippen molar-refractivity contribution in [3.63, 3.8) is 0 Å². The van der Waals surface area contributed by atoms with Crippen LogP contribution in [0.25, 0.3) is 0 Å². The molecule has 2 amide bonds. The van der Waals surface area contributed by atoms with Gasteiger partial charge < -0.3 is 15.4 Å². The number of benzene rings is 2. The number of nitriles is 1. The van der Waals surface area contributed by atoms with Gasteiger partial charge in [-0.2, -0.15) is 5.26 Å². The third-order valence-corrected chi connectivity index (χ3v) is 3.48. The summed E-state index contributed by atoms with van der Waals surface area (Å²) in [6.07, 6.45) is 0. The third kappa shape index (κ3) is 5.61. The van der Waals surface area contributed by atoms with Crippen LogP contribution >= 0.6 is 11.6 Å². The fourth-order valence-corrected chi connectivity index (χ4v) is 2.14. The molecule has 0 atom stereocenters. The van der Waals surface area contributed by atoms with Crippen LogP contribution < -0.4 is 10.6 Å². The molecule has 0 spiro atoms. The number of carbonyl (C=O) groups excluding carboxylic acids is 3. The van der Waals surface area contributed by atoms with Crippen molar-refractivity contribution >= 4 is 35.1 Å². The first-order valence-corrected chi connectivity index (χ1v) is 7.86. The van der Waals surface area contributed by atoms with Gasteiger partial charge in [-0.3, -0.25) is 14.4 Å². The number of amides is 2. The van der Waals surface area contributed by atoms with Crippen LogP contribution in [-0.2, 0) is 14.3 Å². The highest BCUT2D eigenvalue weighted by Gasteiger charge is 2.11. The largest absolute Gasteiger partial charge is 0.454 e. The highest BCUT2D eigenvalue weighted by Crippen LogP contribution is 2.20. The first-order chi connectivity index (χ1) is 12.5. The number of carbonyl (C=O) groups is 3. The maximum absolute atomic E-state index is 11.8. The number of ether oxygens (including phenoxy) is 1. The van der Waals surface area contributed by atoms with Crippen molar-refractivity contribution in [2.45, 2.75) is 0 Å². The predicted molar refractivity (Wildman–Crippen MR) is 94.5 cm³/mol. The fraction of sp³-hybridized carbons (Fsp3) is 0.111. The molecule has 2 aromatic carbocycles. The maximum Gasteiger partial charge on any atom is 0.325 e. The molecule has 2 aromatic rings. The fourth-order valence-electron chi connectivity index (χ4n) is 1.92. The summed E-state index contributed by atoms with van der Waals surface area (Å²) < 4.78 is 4.79. The average Bonchev–Trinajstić information content (AvgIpc) is 2.65. The number of esters is 1. The van der Waals surface area contributed by atoms with E-state index in [-0.39, 0.29) is 17.1 Å². The van der Waals surface area contributed by atoms with Gasteiger partial charge in [-0.25, -0.2) is 0 Å². The quantitative estimate of drug-likeness (QED) is 0.756. The molecule has 0 heterocycles. The van der Waals surface area contributed by atoms with Crippen molar-refractivity contribution in [3.8, 4) is 6.07 Å². The standard InChI is InChI=1S/C18H14ClN3O4/c19-15-8-14(7-6-13(15)9-20)22-16(23)11-26-17(24)10-21-18(25)12-4-2-1-3-5-12/h1-8H,10-11H2,(H,21,25)(H,22,23). The van der Waals surface area contributed by atoms with Crippen molar-refractivity contribution in [2.75, 3.05) is 18.5 Å². The van der Waals surface area contributed by atoms with Gasteiger partial charge in [-0.05, 0) is 30.3 Å². The first-order valence-electron chi connectivity index (χ1n) is 7.48. The van der Waals surface area contributed by atoms with Gasteiger partial charge in [0.1, 0.15) is 12.6 Å². The number of nitrogens with one attached hydrogen (secondary N) is 2. The smallest absolute Gasteiger partial charge is 0.325 e. The van der Waals surface area contributed by atoms with E-state index in [1.165, 1.54) is 18.2 Å². The minimum Gasteiger partial charge on any atom is -0.454 e. The summed E-state index contributed by atoms with van der Waals surface area (Å²) in [5, 5.41) is 13.9. The van der Waals surface area contributed by atoms with E-state index < -0.39 is 24.4 Å². The van der Waals surface area contributed by atoms with Gasteiger partial charge in [-0.1, -0.05) is 29.8 Å². The maximum atomic E-state index is 11.8. The second-order valence-corrected chi connectivity index (χ2v) is 5.47. The summed E-state index contributed by atoms with van der Waals surface area (Å²) in [6, 6.07) is 14.7. The zero-order chi connectivity index (χ0) is 18.9. The van der Waals surface area contributed by atoms with Crippen LogP contribution in [0.5, 0.6) is 0 Å². The van der Waals surface area contributed by atoms with Gasteiger partial charge in [0.25, 0.3) is 11.8 Å². The Morgan fingerprint density at radius 3 is 2.50 bits per heavy atom. The molecule has 0 radical (unpaired) electrons. The van der Waals surface area contributed by atoms with Crippen molar-refractivity contribution in [1.29, 1.82) is 5.26 Å². The molecule has 7 nitrogen and oxygen atoms in total. The Kier molecular flexibility index (Phi) is 6.71. The third-order valence-electron chi connectivity index (χ3n) is 3.17. The van der Waals surface area contributed by atoms with Gasteiger partial charge in [0, 0.05) is 11.3 Å². The second-order valence-electron chi connectivity index (χ2n) is 5.06. The zero-order valence-corrected chi connectivity index (χ0v) is 14.2. The van der Waals surface area contributed by atoms with E-state index in [0.29, 0.717) is 11.3 Å². The van der Waals surface area contributed by atoms with Crippen LogP contribution in [0.15, 0.2) is 48.5 Å². The number of rotatable bonds is 6. The molecule has 0 bridgehead atoms. The molecule has 2 rings (SSSR count). The van der Waals surface area contributed by atoms with Gasteiger partial charge >= 0.3 is 5.97 Å². The molecule has 132 valence electrons. The van der Waals surface area contributed by atoms with Crippen LogP contribution in [0.4, 0.5) is 5.69 Å². The first kappa shape index (κ1) is 19.0. The minimum absolute atomic E-state index is 0.200. The summed E-state index contributed by atoms with van der Waals surface area (Å²) >= 11 is 5.86. The summed E-state index contributed by atoms with van der Waals surface area (Å²) in [5.74, 6) is -1.74. The molecule has 0 aliphatic heterocycles. The molecule has 0 saturated heterocycles. The van der Waals surface area contributed by atoms with E-state index in [2.05, 4.69) is 10.6 Å². The molecule has 8 heteroatoms. The zero-order valence-electron chi connectivity index (χ0n) is 13.5. The number of nitrogens with zero attached hydrogens (tertiary/aromatic N) is 1.